The summed E-state index contributed by atoms with van der Waals surface area (Å²) in [6.07, 6.45) is -1.16. The van der Waals surface area contributed by atoms with Gasteiger partial charge in [-0.3, -0.25) is 23.4 Å². The lowest BCUT2D eigenvalue weighted by Crippen LogP contribution is -2.33. The van der Waals surface area contributed by atoms with Crippen LogP contribution in [0.5, 0.6) is 5.75 Å². The maximum atomic E-state index is 12.8. The van der Waals surface area contributed by atoms with Gasteiger partial charge >= 0.3 is 13.5 Å². The van der Waals surface area contributed by atoms with Crippen LogP contribution in [0.1, 0.15) is 23.8 Å². The average molecular weight is 536 g/mol. The van der Waals surface area contributed by atoms with Crippen LogP contribution in [0, 0.1) is 10.5 Å². The Hall–Kier alpha value is -1.50. The van der Waals surface area contributed by atoms with Crippen molar-refractivity contribution in [3.8, 4) is 5.75 Å². The highest BCUT2D eigenvalue weighted by molar-refractivity contribution is 14.1. The molecule has 29 heavy (non-hydrogen) atoms. The molecule has 0 amide bonds. The van der Waals surface area contributed by atoms with Gasteiger partial charge in [0.15, 0.2) is 0 Å². The first-order valence-electron chi connectivity index (χ1n) is 8.77. The van der Waals surface area contributed by atoms with Crippen molar-refractivity contribution in [1.29, 1.82) is 0 Å². The van der Waals surface area contributed by atoms with Gasteiger partial charge in [-0.1, -0.05) is 12.1 Å². The summed E-state index contributed by atoms with van der Waals surface area (Å²) >= 11 is 1.80. The minimum Gasteiger partial charge on any atom is -0.404 e. The summed E-state index contributed by atoms with van der Waals surface area (Å²) in [5.74, 6) is 0.430. The molecule has 2 aliphatic heterocycles. The molecular formula is C17H18IN2O8P. The van der Waals surface area contributed by atoms with Crippen LogP contribution >= 0.6 is 30.4 Å². The quantitative estimate of drug-likeness (QED) is 0.448. The SMILES string of the molecule is Cc1cccc2c1COP(=O)(OC[C@H]1O[C@@H](n3cc(I)c(=O)[nH]c3=O)C[C@H]1O)O2. The molecule has 10 nitrogen and oxygen atoms in total. The highest BCUT2D eigenvalue weighted by atomic mass is 127. The first kappa shape index (κ1) is 20.8. The lowest BCUT2D eigenvalue weighted by atomic mass is 10.1. The van der Waals surface area contributed by atoms with Gasteiger partial charge < -0.3 is 14.4 Å². The number of fused-ring (bicyclic) bond motifs is 1. The van der Waals surface area contributed by atoms with E-state index >= 15 is 0 Å². The molecule has 1 saturated heterocycles. The van der Waals surface area contributed by atoms with Crippen LogP contribution < -0.4 is 15.8 Å². The Bertz CT molecular complexity index is 1100. The summed E-state index contributed by atoms with van der Waals surface area (Å²) in [6, 6.07) is 5.36. The van der Waals surface area contributed by atoms with E-state index in [-0.39, 0.29) is 19.6 Å². The van der Waals surface area contributed by atoms with Crippen LogP contribution in [0.2, 0.25) is 0 Å². The zero-order valence-electron chi connectivity index (χ0n) is 15.2. The molecule has 1 unspecified atom stereocenters. The van der Waals surface area contributed by atoms with E-state index in [9.17, 15) is 19.3 Å². The summed E-state index contributed by atoms with van der Waals surface area (Å²) < 4.78 is 36.0. The molecule has 0 bridgehead atoms. The smallest absolute Gasteiger partial charge is 0.404 e. The molecule has 2 aliphatic rings. The number of aromatic amines is 1. The number of phosphoric acid groups is 1. The molecular weight excluding hydrogens is 518 g/mol. The number of phosphoric ester groups is 1. The summed E-state index contributed by atoms with van der Waals surface area (Å²) in [4.78, 5) is 25.7. The third-order valence-electron chi connectivity index (χ3n) is 4.78. The number of hydrogen-bond donors (Lipinski definition) is 2. The van der Waals surface area contributed by atoms with Crippen LogP contribution in [0.3, 0.4) is 0 Å². The predicted octanol–water partition coefficient (Wildman–Crippen LogP) is 1.83. The second kappa shape index (κ2) is 7.97. The Labute approximate surface area is 178 Å². The van der Waals surface area contributed by atoms with Crippen LogP contribution in [-0.4, -0.2) is 33.5 Å². The van der Waals surface area contributed by atoms with Crippen molar-refractivity contribution in [2.75, 3.05) is 6.61 Å². The lowest BCUT2D eigenvalue weighted by molar-refractivity contribution is -0.0469. The number of hydrogen-bond acceptors (Lipinski definition) is 8. The van der Waals surface area contributed by atoms with Crippen molar-refractivity contribution in [2.45, 2.75) is 38.4 Å². The van der Waals surface area contributed by atoms with Gasteiger partial charge in [-0.05, 0) is 41.1 Å². The summed E-state index contributed by atoms with van der Waals surface area (Å²) in [5.41, 5.74) is 0.609. The first-order chi connectivity index (χ1) is 13.8. The van der Waals surface area contributed by atoms with Gasteiger partial charge in [-0.2, -0.15) is 0 Å². The number of ether oxygens (including phenoxy) is 1. The molecule has 0 spiro atoms. The molecule has 0 radical (unpaired) electrons. The number of aliphatic hydroxyl groups is 1. The van der Waals surface area contributed by atoms with Gasteiger partial charge in [-0.15, -0.1) is 0 Å². The van der Waals surface area contributed by atoms with Crippen molar-refractivity contribution in [3.63, 3.8) is 0 Å². The minimum atomic E-state index is -3.87. The molecule has 1 aromatic carbocycles. The summed E-state index contributed by atoms with van der Waals surface area (Å²) in [6.45, 7) is 1.72. The largest absolute Gasteiger partial charge is 0.530 e. The Kier molecular flexibility index (Phi) is 5.70. The fourth-order valence-electron chi connectivity index (χ4n) is 3.18. The van der Waals surface area contributed by atoms with E-state index in [4.69, 9.17) is 18.3 Å². The first-order valence-corrected chi connectivity index (χ1v) is 11.3. The van der Waals surface area contributed by atoms with Gasteiger partial charge in [0.25, 0.3) is 5.56 Å². The molecule has 156 valence electrons. The predicted molar refractivity (Wildman–Crippen MR) is 109 cm³/mol. The van der Waals surface area contributed by atoms with Crippen LogP contribution in [0.4, 0.5) is 0 Å². The molecule has 4 rings (SSSR count). The molecule has 1 fully saturated rings. The number of aromatic nitrogens is 2. The Morgan fingerprint density at radius 1 is 1.41 bits per heavy atom. The minimum absolute atomic E-state index is 0.0845. The second-order valence-corrected chi connectivity index (χ2v) is 9.49. The van der Waals surface area contributed by atoms with E-state index < -0.39 is 37.5 Å². The van der Waals surface area contributed by atoms with Crippen LogP contribution in [-0.2, 0) is 25.0 Å². The van der Waals surface area contributed by atoms with E-state index in [0.29, 0.717) is 9.32 Å². The van der Waals surface area contributed by atoms with Gasteiger partial charge in [0.1, 0.15) is 18.1 Å². The van der Waals surface area contributed by atoms with Crippen molar-refractivity contribution < 1.29 is 28.0 Å². The maximum absolute atomic E-state index is 12.8. The van der Waals surface area contributed by atoms with Crippen molar-refractivity contribution >= 4 is 30.4 Å². The number of halogens is 1. The molecule has 12 heteroatoms. The van der Waals surface area contributed by atoms with E-state index in [1.54, 1.807) is 34.7 Å². The zero-order valence-corrected chi connectivity index (χ0v) is 18.3. The van der Waals surface area contributed by atoms with Gasteiger partial charge in [-0.25, -0.2) is 9.36 Å². The molecule has 0 aliphatic carbocycles. The van der Waals surface area contributed by atoms with Gasteiger partial charge in [0.2, 0.25) is 0 Å². The van der Waals surface area contributed by atoms with Crippen LogP contribution in [0.25, 0.3) is 0 Å². The number of H-pyrrole nitrogens is 1. The second-order valence-electron chi connectivity index (χ2n) is 6.74. The average Bonchev–Trinajstić information content (AvgIpc) is 3.03. The number of aryl methyl sites for hydroxylation is 1. The topological polar surface area (TPSA) is 129 Å². The number of benzene rings is 1. The van der Waals surface area contributed by atoms with E-state index in [2.05, 4.69) is 4.98 Å². The normalized spacial score (nSPS) is 28.7. The Balaban J connectivity index is 1.43. The number of nitrogens with zero attached hydrogens (tertiary/aromatic N) is 1. The van der Waals surface area contributed by atoms with E-state index in [1.165, 1.54) is 10.8 Å². The molecule has 2 N–H and O–H groups in total. The van der Waals surface area contributed by atoms with Crippen molar-refractivity contribution in [1.82, 2.24) is 9.55 Å². The number of aliphatic hydroxyl groups excluding tert-OH is 1. The fourth-order valence-corrected chi connectivity index (χ4v) is 4.82. The third-order valence-corrected chi connectivity index (χ3v) is 6.88. The Morgan fingerprint density at radius 3 is 3.00 bits per heavy atom. The molecule has 1 aromatic heterocycles. The van der Waals surface area contributed by atoms with E-state index in [1.807, 2.05) is 13.0 Å². The van der Waals surface area contributed by atoms with Gasteiger partial charge in [0.05, 0.1) is 22.9 Å². The molecule has 4 atom stereocenters. The maximum Gasteiger partial charge on any atom is 0.530 e. The monoisotopic (exact) mass is 536 g/mol. The molecule has 0 saturated carbocycles. The van der Waals surface area contributed by atoms with E-state index in [0.717, 1.165) is 11.1 Å². The van der Waals surface area contributed by atoms with Gasteiger partial charge in [0, 0.05) is 18.2 Å². The third kappa shape index (κ3) is 4.21. The van der Waals surface area contributed by atoms with Crippen LogP contribution in [0.15, 0.2) is 34.0 Å². The lowest BCUT2D eigenvalue weighted by Gasteiger charge is -2.26. The molecule has 2 aromatic rings. The van der Waals surface area contributed by atoms with Crippen molar-refractivity contribution in [3.05, 3.63) is 59.9 Å². The fraction of sp³-hybridized carbons (Fsp3) is 0.412. The highest BCUT2D eigenvalue weighted by Crippen LogP contribution is 2.55. The number of rotatable bonds is 4. The zero-order chi connectivity index (χ0) is 20.8. The highest BCUT2D eigenvalue weighted by Gasteiger charge is 2.40. The number of nitrogens with one attached hydrogen (secondary N) is 1. The summed E-state index contributed by atoms with van der Waals surface area (Å²) in [7, 11) is -3.87. The summed E-state index contributed by atoms with van der Waals surface area (Å²) in [5, 5.41) is 10.3. The van der Waals surface area contributed by atoms with Crippen molar-refractivity contribution in [2.24, 2.45) is 0 Å². The standard InChI is InChI=1S/C17H18IN2O8P/c1-9-3-2-4-13-10(9)7-25-29(24,28-13)26-8-14-12(21)5-15(27-14)20-6-11(18)16(22)19-17(20)23/h2-4,6,12,14-15,21H,5,7-8H2,1H3,(H,19,22,23)/t12-,14-,15-,29?/m1/s1. The molecule has 3 heterocycles. The Morgan fingerprint density at radius 2 is 2.21 bits per heavy atom.